The highest BCUT2D eigenvalue weighted by Gasteiger charge is 2.43. The highest BCUT2D eigenvalue weighted by molar-refractivity contribution is 9.10. The second-order valence-electron chi connectivity index (χ2n) is 10.2. The molecule has 0 unspecified atom stereocenters. The number of amides is 2. The SMILES string of the molecule is Cc1cnc(COc2ccc(Br)c3c2[C@@H](CN2CCCC2=O)N(C(=O)[C@@H]2CCCC[C@@H]2C(=O)O)CC3)s1. The number of aliphatic carboxylic acids is 1. The number of rotatable bonds is 7. The molecule has 3 atom stereocenters. The molecule has 2 aromatic rings. The summed E-state index contributed by atoms with van der Waals surface area (Å²) < 4.78 is 7.25. The number of aromatic nitrogens is 1. The van der Waals surface area contributed by atoms with Gasteiger partial charge in [0, 0.05) is 47.2 Å². The van der Waals surface area contributed by atoms with E-state index < -0.39 is 23.8 Å². The van der Waals surface area contributed by atoms with E-state index in [0.29, 0.717) is 57.7 Å². The van der Waals surface area contributed by atoms with Gasteiger partial charge in [0.2, 0.25) is 11.8 Å². The van der Waals surface area contributed by atoms with E-state index in [4.69, 9.17) is 4.74 Å². The van der Waals surface area contributed by atoms with Crippen LogP contribution in [-0.2, 0) is 27.4 Å². The van der Waals surface area contributed by atoms with E-state index in [1.807, 2.05) is 35.1 Å². The number of aryl methyl sites for hydroxylation is 1. The van der Waals surface area contributed by atoms with Crippen LogP contribution in [0.1, 0.15) is 65.6 Å². The summed E-state index contributed by atoms with van der Waals surface area (Å²) in [4.78, 5) is 47.9. The Morgan fingerprint density at radius 1 is 1.16 bits per heavy atom. The Morgan fingerprint density at radius 2 is 1.95 bits per heavy atom. The quantitative estimate of drug-likeness (QED) is 0.501. The van der Waals surface area contributed by atoms with Crippen molar-refractivity contribution in [2.45, 2.75) is 64.5 Å². The monoisotopic (exact) mass is 589 g/mol. The topological polar surface area (TPSA) is 100 Å². The number of halogens is 1. The van der Waals surface area contributed by atoms with Gasteiger partial charge in [0.15, 0.2) is 0 Å². The van der Waals surface area contributed by atoms with Crippen molar-refractivity contribution >= 4 is 45.1 Å². The molecule has 8 nitrogen and oxygen atoms in total. The number of carbonyl (C=O) groups excluding carboxylic acids is 2. The molecule has 0 bridgehead atoms. The first-order chi connectivity index (χ1) is 17.8. The average Bonchev–Trinajstić information content (AvgIpc) is 3.50. The van der Waals surface area contributed by atoms with E-state index in [1.165, 1.54) is 0 Å². The third kappa shape index (κ3) is 5.41. The molecule has 2 aliphatic heterocycles. The smallest absolute Gasteiger partial charge is 0.307 e. The van der Waals surface area contributed by atoms with E-state index >= 15 is 0 Å². The molecule has 2 fully saturated rings. The van der Waals surface area contributed by atoms with E-state index in [2.05, 4.69) is 20.9 Å². The van der Waals surface area contributed by atoms with Gasteiger partial charge >= 0.3 is 5.97 Å². The Balaban J connectivity index is 1.51. The zero-order valence-corrected chi connectivity index (χ0v) is 23.4. The van der Waals surface area contributed by atoms with Gasteiger partial charge in [0.05, 0.1) is 17.9 Å². The number of carboxylic acid groups (broad SMARTS) is 1. The van der Waals surface area contributed by atoms with Crippen LogP contribution in [0.4, 0.5) is 0 Å². The Morgan fingerprint density at radius 3 is 2.62 bits per heavy atom. The lowest BCUT2D eigenvalue weighted by Gasteiger charge is -2.43. The summed E-state index contributed by atoms with van der Waals surface area (Å²) in [5.41, 5.74) is 1.98. The second kappa shape index (κ2) is 11.1. The normalized spacial score (nSPS) is 23.7. The van der Waals surface area contributed by atoms with Gasteiger partial charge in [0.25, 0.3) is 0 Å². The van der Waals surface area contributed by atoms with Gasteiger partial charge in [-0.15, -0.1) is 11.3 Å². The van der Waals surface area contributed by atoms with Crippen molar-refractivity contribution < 1.29 is 24.2 Å². The molecule has 1 aromatic carbocycles. The van der Waals surface area contributed by atoms with E-state index in [1.54, 1.807) is 11.3 Å². The first kappa shape index (κ1) is 26.2. The highest BCUT2D eigenvalue weighted by Crippen LogP contribution is 2.43. The molecule has 1 saturated heterocycles. The number of hydrogen-bond donors (Lipinski definition) is 1. The molecule has 1 saturated carbocycles. The fourth-order valence-electron chi connectivity index (χ4n) is 6.01. The summed E-state index contributed by atoms with van der Waals surface area (Å²) in [6.07, 6.45) is 6.57. The Bertz CT molecular complexity index is 1200. The van der Waals surface area contributed by atoms with Crippen molar-refractivity contribution in [2.24, 2.45) is 11.8 Å². The predicted octanol–water partition coefficient (Wildman–Crippen LogP) is 4.73. The van der Waals surface area contributed by atoms with E-state index in [9.17, 15) is 19.5 Å². The number of ether oxygens (including phenoxy) is 1. The van der Waals surface area contributed by atoms with Crippen molar-refractivity contribution in [1.29, 1.82) is 0 Å². The van der Waals surface area contributed by atoms with Crippen LogP contribution in [0, 0.1) is 18.8 Å². The van der Waals surface area contributed by atoms with Gasteiger partial charge in [-0.2, -0.15) is 0 Å². The first-order valence-corrected chi connectivity index (χ1v) is 14.6. The molecular weight excluding hydrogens is 558 g/mol. The van der Waals surface area contributed by atoms with Crippen LogP contribution in [0.2, 0.25) is 0 Å². The van der Waals surface area contributed by atoms with Crippen LogP contribution < -0.4 is 4.74 Å². The van der Waals surface area contributed by atoms with Gasteiger partial charge in [-0.1, -0.05) is 28.8 Å². The van der Waals surface area contributed by atoms with Crippen LogP contribution in [0.15, 0.2) is 22.8 Å². The summed E-state index contributed by atoms with van der Waals surface area (Å²) in [5.74, 6) is -1.44. The maximum Gasteiger partial charge on any atom is 0.307 e. The Hall–Kier alpha value is -2.46. The minimum atomic E-state index is -0.896. The summed E-state index contributed by atoms with van der Waals surface area (Å²) >= 11 is 5.29. The van der Waals surface area contributed by atoms with Crippen LogP contribution in [0.3, 0.4) is 0 Å². The number of likely N-dealkylation sites (tertiary alicyclic amines) is 1. The molecule has 3 heterocycles. The van der Waals surface area contributed by atoms with Gasteiger partial charge in [-0.05, 0) is 50.3 Å². The minimum absolute atomic E-state index is 0.0938. The van der Waals surface area contributed by atoms with Gasteiger partial charge in [0.1, 0.15) is 17.4 Å². The number of benzene rings is 1. The van der Waals surface area contributed by atoms with E-state index in [-0.39, 0.29) is 11.8 Å². The summed E-state index contributed by atoms with van der Waals surface area (Å²) in [5, 5.41) is 10.7. The number of thiazole rings is 1. The van der Waals surface area contributed by atoms with Crippen molar-refractivity contribution in [3.05, 3.63) is 43.8 Å². The van der Waals surface area contributed by atoms with E-state index in [0.717, 1.165) is 44.7 Å². The summed E-state index contributed by atoms with van der Waals surface area (Å²) in [6.45, 7) is 3.85. The maximum absolute atomic E-state index is 14.0. The van der Waals surface area contributed by atoms with Crippen LogP contribution >= 0.6 is 27.3 Å². The number of fused-ring (bicyclic) bond motifs is 1. The lowest BCUT2D eigenvalue weighted by molar-refractivity contribution is -0.154. The standard InChI is InChI=1S/C27H32BrN3O5S/c1-16-13-29-23(37-16)15-36-22-9-8-20(28)19-10-12-31(21(25(19)22)14-30-11-4-7-24(30)32)26(33)17-5-2-3-6-18(17)27(34)35/h8-9,13,17-18,21H,2-7,10-12,14-15H2,1H3,(H,34,35)/t17-,18+,21-/m1/s1. The molecule has 37 heavy (non-hydrogen) atoms. The lowest BCUT2D eigenvalue weighted by Crippen LogP contribution is -2.50. The first-order valence-electron chi connectivity index (χ1n) is 13.0. The fraction of sp³-hybridized carbons (Fsp3) is 0.556. The van der Waals surface area contributed by atoms with Crippen LogP contribution in [0.25, 0.3) is 0 Å². The lowest BCUT2D eigenvalue weighted by atomic mass is 9.77. The fourth-order valence-corrected chi connectivity index (χ4v) is 7.25. The Kier molecular flexibility index (Phi) is 7.85. The summed E-state index contributed by atoms with van der Waals surface area (Å²) in [7, 11) is 0. The number of hydrogen-bond acceptors (Lipinski definition) is 6. The molecule has 0 radical (unpaired) electrons. The van der Waals surface area contributed by atoms with Gasteiger partial charge < -0.3 is 19.6 Å². The number of carboxylic acids is 1. The third-order valence-electron chi connectivity index (χ3n) is 7.84. The van der Waals surface area contributed by atoms with Crippen molar-refractivity contribution in [2.75, 3.05) is 19.6 Å². The highest BCUT2D eigenvalue weighted by atomic mass is 79.9. The van der Waals surface area contributed by atoms with Crippen LogP contribution in [-0.4, -0.2) is 57.3 Å². The average molecular weight is 591 g/mol. The van der Waals surface area contributed by atoms with Gasteiger partial charge in [-0.25, -0.2) is 4.98 Å². The van der Waals surface area contributed by atoms with Crippen molar-refractivity contribution in [1.82, 2.24) is 14.8 Å². The van der Waals surface area contributed by atoms with Crippen LogP contribution in [0.5, 0.6) is 5.75 Å². The zero-order valence-electron chi connectivity index (χ0n) is 21.0. The molecule has 5 rings (SSSR count). The molecule has 3 aliphatic rings. The largest absolute Gasteiger partial charge is 0.486 e. The molecular formula is C27H32BrN3O5S. The van der Waals surface area contributed by atoms with Crippen molar-refractivity contribution in [3.8, 4) is 5.75 Å². The molecule has 1 aromatic heterocycles. The Labute approximate surface area is 229 Å². The number of nitrogens with zero attached hydrogens (tertiary/aromatic N) is 3. The van der Waals surface area contributed by atoms with Crippen molar-refractivity contribution in [3.63, 3.8) is 0 Å². The molecule has 1 N–H and O–H groups in total. The zero-order chi connectivity index (χ0) is 26.1. The predicted molar refractivity (Wildman–Crippen MR) is 142 cm³/mol. The number of carbonyl (C=O) groups is 3. The maximum atomic E-state index is 14.0. The third-order valence-corrected chi connectivity index (χ3v) is 9.47. The molecule has 2 amide bonds. The second-order valence-corrected chi connectivity index (χ2v) is 12.3. The molecule has 0 spiro atoms. The van der Waals surface area contributed by atoms with Gasteiger partial charge in [-0.3, -0.25) is 14.4 Å². The molecule has 10 heteroatoms. The molecule has 1 aliphatic carbocycles. The minimum Gasteiger partial charge on any atom is -0.486 e. The summed E-state index contributed by atoms with van der Waals surface area (Å²) in [6, 6.07) is 3.48. The molecule has 198 valence electrons.